The van der Waals surface area contributed by atoms with E-state index in [1.165, 1.54) is 0 Å². The van der Waals surface area contributed by atoms with Crippen molar-refractivity contribution < 1.29 is 27.5 Å². The second-order valence-electron chi connectivity index (χ2n) is 6.47. The van der Waals surface area contributed by atoms with Crippen molar-refractivity contribution in [2.75, 3.05) is 6.54 Å². The first kappa shape index (κ1) is 21.1. The molecule has 1 amide bonds. The third-order valence-corrected chi connectivity index (χ3v) is 4.28. The zero-order valence-electron chi connectivity index (χ0n) is 15.8. The zero-order valence-corrected chi connectivity index (χ0v) is 15.8. The first-order valence-electron chi connectivity index (χ1n) is 9.14. The van der Waals surface area contributed by atoms with E-state index < -0.39 is 23.4 Å². The van der Waals surface area contributed by atoms with Gasteiger partial charge in [-0.25, -0.2) is 0 Å². The predicted octanol–water partition coefficient (Wildman–Crippen LogP) is 5.04. The molecule has 0 saturated heterocycles. The Morgan fingerprint density at radius 3 is 2.00 bits per heavy atom. The van der Waals surface area contributed by atoms with Gasteiger partial charge < -0.3 is 10.1 Å². The van der Waals surface area contributed by atoms with Crippen LogP contribution in [-0.4, -0.2) is 18.2 Å². The maximum absolute atomic E-state index is 12.6. The Labute approximate surface area is 171 Å². The number of alkyl halides is 3. The Morgan fingerprint density at radius 2 is 1.40 bits per heavy atom. The van der Waals surface area contributed by atoms with Crippen LogP contribution in [0.2, 0.25) is 0 Å². The smallest absolute Gasteiger partial charge is 0.416 e. The van der Waals surface area contributed by atoms with Crippen LogP contribution in [0.25, 0.3) is 0 Å². The van der Waals surface area contributed by atoms with Crippen molar-refractivity contribution in [2.24, 2.45) is 0 Å². The molecule has 0 bridgehead atoms. The fourth-order valence-electron chi connectivity index (χ4n) is 2.69. The van der Waals surface area contributed by atoms with Gasteiger partial charge in [0.25, 0.3) is 5.91 Å². The average Bonchev–Trinajstić information content (AvgIpc) is 2.74. The van der Waals surface area contributed by atoms with Gasteiger partial charge in [-0.2, -0.15) is 13.2 Å². The summed E-state index contributed by atoms with van der Waals surface area (Å²) in [5.74, 6) is -0.347. The Hall–Kier alpha value is -3.61. The first-order chi connectivity index (χ1) is 14.3. The van der Waals surface area contributed by atoms with Gasteiger partial charge in [0, 0.05) is 12.1 Å². The van der Waals surface area contributed by atoms with Gasteiger partial charge in [0.15, 0.2) is 0 Å². The normalized spacial score (nSPS) is 11.0. The Bertz CT molecular complexity index is 999. The second-order valence-corrected chi connectivity index (χ2v) is 6.47. The van der Waals surface area contributed by atoms with Gasteiger partial charge in [0.1, 0.15) is 11.5 Å². The Balaban J connectivity index is 1.48. The van der Waals surface area contributed by atoms with Crippen LogP contribution < -0.4 is 10.1 Å². The number of Topliss-reactive ketones (excluding diaryl/α,β-unsaturated/α-hetero) is 1. The molecule has 0 atom stereocenters. The summed E-state index contributed by atoms with van der Waals surface area (Å²) in [7, 11) is 0. The molecular weight excluding hydrogens is 395 g/mol. The minimum atomic E-state index is -4.49. The lowest BCUT2D eigenvalue weighted by molar-refractivity contribution is -0.137. The van der Waals surface area contributed by atoms with Crippen LogP contribution in [0.15, 0.2) is 78.9 Å². The van der Waals surface area contributed by atoms with Crippen LogP contribution in [0.1, 0.15) is 21.5 Å². The largest absolute Gasteiger partial charge is 0.457 e. The van der Waals surface area contributed by atoms with E-state index in [0.29, 0.717) is 12.2 Å². The maximum Gasteiger partial charge on any atom is 0.416 e. The number of para-hydroxylation sites is 1. The van der Waals surface area contributed by atoms with Crippen molar-refractivity contribution in [3.8, 4) is 11.5 Å². The minimum absolute atomic E-state index is 0.0945. The Kier molecular flexibility index (Phi) is 6.51. The lowest BCUT2D eigenvalue weighted by atomic mass is 10.1. The third-order valence-electron chi connectivity index (χ3n) is 4.28. The summed E-state index contributed by atoms with van der Waals surface area (Å²) in [6.07, 6.45) is -4.01. The molecule has 0 aromatic heterocycles. The number of carbonyl (C=O) groups is 2. The molecule has 0 aliphatic heterocycles. The highest BCUT2D eigenvalue weighted by Gasteiger charge is 2.30. The molecule has 154 valence electrons. The molecule has 30 heavy (non-hydrogen) atoms. The number of benzene rings is 3. The predicted molar refractivity (Wildman–Crippen MR) is 105 cm³/mol. The molecule has 0 unspecified atom stereocenters. The van der Waals surface area contributed by atoms with E-state index in [1.54, 1.807) is 12.1 Å². The van der Waals surface area contributed by atoms with E-state index in [4.69, 9.17) is 4.74 Å². The van der Waals surface area contributed by atoms with Crippen LogP contribution in [0.5, 0.6) is 11.5 Å². The molecule has 3 rings (SSSR count). The van der Waals surface area contributed by atoms with Gasteiger partial charge in [-0.3, -0.25) is 9.59 Å². The number of hydrogen-bond acceptors (Lipinski definition) is 3. The van der Waals surface area contributed by atoms with Gasteiger partial charge in [0.05, 0.1) is 5.56 Å². The zero-order chi connectivity index (χ0) is 21.6. The van der Waals surface area contributed by atoms with Crippen LogP contribution >= 0.6 is 0 Å². The monoisotopic (exact) mass is 413 g/mol. The second kappa shape index (κ2) is 9.26. The number of rotatable bonds is 7. The number of nitrogens with one attached hydrogen (secondary N) is 1. The van der Waals surface area contributed by atoms with Crippen molar-refractivity contribution in [2.45, 2.75) is 12.6 Å². The van der Waals surface area contributed by atoms with Crippen molar-refractivity contribution in [1.29, 1.82) is 0 Å². The Morgan fingerprint density at radius 1 is 0.800 bits per heavy atom. The number of hydrogen-bond donors (Lipinski definition) is 1. The molecule has 4 nitrogen and oxygen atoms in total. The summed E-state index contributed by atoms with van der Waals surface area (Å²) in [6.45, 7) is 0.212. The summed E-state index contributed by atoms with van der Waals surface area (Å²) in [5.41, 5.74) is -0.0419. The van der Waals surface area contributed by atoms with Gasteiger partial charge in [-0.1, -0.05) is 42.5 Å². The highest BCUT2D eigenvalue weighted by molar-refractivity contribution is 6.42. The van der Waals surface area contributed by atoms with Crippen LogP contribution in [-0.2, 0) is 17.4 Å². The third kappa shape index (κ3) is 5.70. The summed E-state index contributed by atoms with van der Waals surface area (Å²) in [6, 6.07) is 20.2. The number of ether oxygens (including phenoxy) is 1. The molecule has 0 spiro atoms. The molecule has 0 aliphatic carbocycles. The molecular formula is C23H18F3NO3. The number of halogens is 3. The molecule has 3 aromatic carbocycles. The lowest BCUT2D eigenvalue weighted by Crippen LogP contribution is -2.32. The highest BCUT2D eigenvalue weighted by Crippen LogP contribution is 2.29. The fourth-order valence-corrected chi connectivity index (χ4v) is 2.69. The molecule has 3 aromatic rings. The highest BCUT2D eigenvalue weighted by atomic mass is 19.4. The van der Waals surface area contributed by atoms with Crippen LogP contribution in [0, 0.1) is 0 Å². The van der Waals surface area contributed by atoms with E-state index in [0.717, 1.165) is 35.6 Å². The van der Waals surface area contributed by atoms with E-state index in [9.17, 15) is 22.8 Å². The molecule has 0 radical (unpaired) electrons. The first-order valence-corrected chi connectivity index (χ1v) is 9.14. The molecule has 0 heterocycles. The minimum Gasteiger partial charge on any atom is -0.457 e. The maximum atomic E-state index is 12.6. The molecule has 1 N–H and O–H groups in total. The van der Waals surface area contributed by atoms with E-state index in [1.807, 2.05) is 42.5 Å². The van der Waals surface area contributed by atoms with Crippen molar-refractivity contribution in [1.82, 2.24) is 5.32 Å². The standard InChI is InChI=1S/C23H18F3NO3/c24-23(25,26)18-10-8-17(9-11-18)21(28)22(29)27-15-14-16-6-12-20(13-7-16)30-19-4-2-1-3-5-19/h1-13H,14-15H2,(H,27,29). The summed E-state index contributed by atoms with van der Waals surface area (Å²) >= 11 is 0. The molecule has 7 heteroatoms. The van der Waals surface area contributed by atoms with Crippen molar-refractivity contribution >= 4 is 11.7 Å². The summed E-state index contributed by atoms with van der Waals surface area (Å²) < 4.78 is 43.4. The topological polar surface area (TPSA) is 55.4 Å². The van der Waals surface area contributed by atoms with Crippen molar-refractivity contribution in [3.63, 3.8) is 0 Å². The van der Waals surface area contributed by atoms with Gasteiger partial charge in [-0.15, -0.1) is 0 Å². The van der Waals surface area contributed by atoms with E-state index >= 15 is 0 Å². The average molecular weight is 413 g/mol. The lowest BCUT2D eigenvalue weighted by Gasteiger charge is -2.08. The SMILES string of the molecule is O=C(NCCc1ccc(Oc2ccccc2)cc1)C(=O)c1ccc(C(F)(F)F)cc1. The van der Waals surface area contributed by atoms with Crippen molar-refractivity contribution in [3.05, 3.63) is 95.6 Å². The molecule has 0 aliphatic rings. The number of amides is 1. The van der Waals surface area contributed by atoms with Crippen LogP contribution in [0.4, 0.5) is 13.2 Å². The summed E-state index contributed by atoms with van der Waals surface area (Å²) in [4.78, 5) is 24.0. The summed E-state index contributed by atoms with van der Waals surface area (Å²) in [5, 5.41) is 2.49. The van der Waals surface area contributed by atoms with Gasteiger partial charge in [-0.05, 0) is 48.4 Å². The fraction of sp³-hybridized carbons (Fsp3) is 0.130. The number of carbonyl (C=O) groups excluding carboxylic acids is 2. The van der Waals surface area contributed by atoms with E-state index in [2.05, 4.69) is 5.32 Å². The quantitative estimate of drug-likeness (QED) is 0.436. The van der Waals surface area contributed by atoms with E-state index in [-0.39, 0.29) is 12.1 Å². The molecule has 0 saturated carbocycles. The number of ketones is 1. The van der Waals surface area contributed by atoms with Gasteiger partial charge >= 0.3 is 6.18 Å². The molecule has 0 fully saturated rings. The van der Waals surface area contributed by atoms with Gasteiger partial charge in [0.2, 0.25) is 5.78 Å². The van der Waals surface area contributed by atoms with Crippen LogP contribution in [0.3, 0.4) is 0 Å².